The van der Waals surface area contributed by atoms with Crippen molar-refractivity contribution in [2.45, 2.75) is 32.2 Å². The fourth-order valence-electron chi connectivity index (χ4n) is 2.25. The van der Waals surface area contributed by atoms with Gasteiger partial charge in [-0.25, -0.2) is 4.98 Å². The molecule has 0 radical (unpaired) electrons. The molecule has 106 valence electrons. The number of anilines is 1. The average Bonchev–Trinajstić information content (AvgIpc) is 2.84. The van der Waals surface area contributed by atoms with Crippen LogP contribution in [0.3, 0.4) is 0 Å². The predicted octanol–water partition coefficient (Wildman–Crippen LogP) is 2.44. The highest BCUT2D eigenvalue weighted by Gasteiger charge is 2.20. The molecule has 0 atom stereocenters. The predicted molar refractivity (Wildman–Crippen MR) is 76.8 cm³/mol. The normalized spacial score (nSPS) is 14.3. The van der Waals surface area contributed by atoms with Crippen LogP contribution in [0.4, 0.5) is 5.69 Å². The van der Waals surface area contributed by atoms with Crippen LogP contribution >= 0.6 is 0 Å². The number of hydrogen-bond acceptors (Lipinski definition) is 4. The van der Waals surface area contributed by atoms with E-state index in [0.29, 0.717) is 28.7 Å². The molecule has 2 aromatic rings. The Hall–Kier alpha value is -2.68. The molecule has 0 spiro atoms. The fourth-order valence-corrected chi connectivity index (χ4v) is 2.25. The molecular weight excluding hydrogens is 266 g/mol. The molecule has 1 N–H and O–H groups in total. The van der Waals surface area contributed by atoms with E-state index in [1.165, 1.54) is 6.42 Å². The van der Waals surface area contributed by atoms with Gasteiger partial charge in [-0.3, -0.25) is 9.48 Å². The summed E-state index contributed by atoms with van der Waals surface area (Å²) < 4.78 is 1.90. The second-order valence-corrected chi connectivity index (χ2v) is 5.19. The van der Waals surface area contributed by atoms with Gasteiger partial charge in [0.05, 0.1) is 29.2 Å². The largest absolute Gasteiger partial charge is 0.318 e. The first kappa shape index (κ1) is 13.3. The third-order valence-corrected chi connectivity index (χ3v) is 3.75. The Labute approximate surface area is 122 Å². The van der Waals surface area contributed by atoms with Gasteiger partial charge in [-0.2, -0.15) is 10.4 Å². The highest BCUT2D eigenvalue weighted by molar-refractivity contribution is 6.02. The minimum Gasteiger partial charge on any atom is -0.318 e. The van der Waals surface area contributed by atoms with Crippen molar-refractivity contribution in [3.8, 4) is 6.07 Å². The lowest BCUT2D eigenvalue weighted by molar-refractivity contribution is 0.102. The van der Waals surface area contributed by atoms with E-state index in [1.54, 1.807) is 25.3 Å². The topological polar surface area (TPSA) is 83.6 Å². The van der Waals surface area contributed by atoms with E-state index in [2.05, 4.69) is 15.4 Å². The first-order chi connectivity index (χ1) is 10.2. The van der Waals surface area contributed by atoms with Gasteiger partial charge in [-0.1, -0.05) is 0 Å². The molecule has 1 saturated carbocycles. The Bertz CT molecular complexity index is 724. The molecule has 1 aliphatic carbocycles. The molecule has 1 fully saturated rings. The average molecular weight is 281 g/mol. The van der Waals surface area contributed by atoms with Gasteiger partial charge in [0.15, 0.2) is 0 Å². The quantitative estimate of drug-likeness (QED) is 0.936. The number of hydrogen-bond donors (Lipinski definition) is 1. The first-order valence-electron chi connectivity index (χ1n) is 6.90. The summed E-state index contributed by atoms with van der Waals surface area (Å²) in [5.74, 6) is -0.296. The van der Waals surface area contributed by atoms with E-state index in [9.17, 15) is 4.79 Å². The lowest BCUT2D eigenvalue weighted by Crippen LogP contribution is -2.17. The van der Waals surface area contributed by atoms with Crippen molar-refractivity contribution in [3.05, 3.63) is 41.5 Å². The highest BCUT2D eigenvalue weighted by Crippen LogP contribution is 2.31. The number of nitriles is 1. The Balaban J connectivity index is 1.72. The smallest absolute Gasteiger partial charge is 0.274 e. The van der Waals surface area contributed by atoms with Gasteiger partial charge >= 0.3 is 0 Å². The molecule has 0 bridgehead atoms. The van der Waals surface area contributed by atoms with Gasteiger partial charge < -0.3 is 5.32 Å². The Morgan fingerprint density at radius 1 is 1.48 bits per heavy atom. The number of amides is 1. The third-order valence-electron chi connectivity index (χ3n) is 3.75. The van der Waals surface area contributed by atoms with Crippen LogP contribution in [0.15, 0.2) is 24.5 Å². The van der Waals surface area contributed by atoms with Crippen LogP contribution in [0.1, 0.15) is 47.1 Å². The van der Waals surface area contributed by atoms with Crippen molar-refractivity contribution in [2.24, 2.45) is 0 Å². The monoisotopic (exact) mass is 281 g/mol. The molecule has 6 heteroatoms. The van der Waals surface area contributed by atoms with E-state index in [0.717, 1.165) is 12.8 Å². The molecular formula is C15H15N5O. The zero-order valence-electron chi connectivity index (χ0n) is 11.7. The van der Waals surface area contributed by atoms with E-state index in [-0.39, 0.29) is 5.91 Å². The SMILES string of the molecule is Cc1nc(C(=O)Nc2cnn(C3CCC3)c2)ccc1C#N. The van der Waals surface area contributed by atoms with Gasteiger partial charge in [-0.15, -0.1) is 0 Å². The van der Waals surface area contributed by atoms with Crippen LogP contribution < -0.4 is 5.32 Å². The van der Waals surface area contributed by atoms with Crippen LogP contribution in [0.25, 0.3) is 0 Å². The van der Waals surface area contributed by atoms with Gasteiger partial charge in [0, 0.05) is 6.20 Å². The fraction of sp³-hybridized carbons (Fsp3) is 0.333. The van der Waals surface area contributed by atoms with Crippen molar-refractivity contribution in [1.29, 1.82) is 5.26 Å². The van der Waals surface area contributed by atoms with Crippen LogP contribution in [0, 0.1) is 18.3 Å². The lowest BCUT2D eigenvalue weighted by Gasteiger charge is -2.25. The number of nitrogens with one attached hydrogen (secondary N) is 1. The molecule has 1 aliphatic rings. The van der Waals surface area contributed by atoms with Gasteiger partial charge in [0.2, 0.25) is 0 Å². The molecule has 21 heavy (non-hydrogen) atoms. The van der Waals surface area contributed by atoms with Crippen molar-refractivity contribution in [3.63, 3.8) is 0 Å². The van der Waals surface area contributed by atoms with Gasteiger partial charge in [0.25, 0.3) is 5.91 Å². The standard InChI is InChI=1S/C15H15N5O/c1-10-11(7-16)5-6-14(18-10)15(21)19-12-8-17-20(9-12)13-3-2-4-13/h5-6,8-9,13H,2-4H2,1H3,(H,19,21). The molecule has 0 saturated heterocycles. The molecule has 0 aliphatic heterocycles. The number of carbonyl (C=O) groups is 1. The summed E-state index contributed by atoms with van der Waals surface area (Å²) in [6, 6.07) is 5.66. The summed E-state index contributed by atoms with van der Waals surface area (Å²) in [4.78, 5) is 16.3. The maximum Gasteiger partial charge on any atom is 0.274 e. The van der Waals surface area contributed by atoms with Crippen LogP contribution in [0.5, 0.6) is 0 Å². The Morgan fingerprint density at radius 2 is 2.29 bits per heavy atom. The molecule has 3 rings (SSSR count). The summed E-state index contributed by atoms with van der Waals surface area (Å²) in [6.07, 6.45) is 7.02. The number of carbonyl (C=O) groups excluding carboxylic acids is 1. The number of nitrogens with zero attached hydrogens (tertiary/aromatic N) is 4. The third kappa shape index (κ3) is 2.63. The van der Waals surface area contributed by atoms with Gasteiger partial charge in [-0.05, 0) is 38.3 Å². The number of rotatable bonds is 3. The molecule has 0 unspecified atom stereocenters. The van der Waals surface area contributed by atoms with Crippen molar-refractivity contribution in [2.75, 3.05) is 5.32 Å². The zero-order chi connectivity index (χ0) is 14.8. The first-order valence-corrected chi connectivity index (χ1v) is 6.90. The maximum atomic E-state index is 12.1. The number of aromatic nitrogens is 3. The second kappa shape index (κ2) is 5.37. The summed E-state index contributed by atoms with van der Waals surface area (Å²) in [5, 5.41) is 15.9. The minimum atomic E-state index is -0.296. The van der Waals surface area contributed by atoms with Gasteiger partial charge in [0.1, 0.15) is 11.8 Å². The highest BCUT2D eigenvalue weighted by atomic mass is 16.1. The van der Waals surface area contributed by atoms with Crippen LogP contribution in [0.2, 0.25) is 0 Å². The van der Waals surface area contributed by atoms with E-state index >= 15 is 0 Å². The summed E-state index contributed by atoms with van der Waals surface area (Å²) in [7, 11) is 0. The summed E-state index contributed by atoms with van der Waals surface area (Å²) in [6.45, 7) is 1.71. The van der Waals surface area contributed by atoms with E-state index in [1.807, 2.05) is 16.9 Å². The van der Waals surface area contributed by atoms with Crippen molar-refractivity contribution in [1.82, 2.24) is 14.8 Å². The lowest BCUT2D eigenvalue weighted by atomic mass is 9.93. The van der Waals surface area contributed by atoms with Crippen molar-refractivity contribution < 1.29 is 4.79 Å². The maximum absolute atomic E-state index is 12.1. The number of aryl methyl sites for hydroxylation is 1. The molecule has 1 amide bonds. The summed E-state index contributed by atoms with van der Waals surface area (Å²) in [5.41, 5.74) is 1.98. The van der Waals surface area contributed by atoms with Crippen molar-refractivity contribution >= 4 is 11.6 Å². The second-order valence-electron chi connectivity index (χ2n) is 5.19. The summed E-state index contributed by atoms with van der Waals surface area (Å²) >= 11 is 0. The zero-order valence-corrected chi connectivity index (χ0v) is 11.7. The molecule has 2 aromatic heterocycles. The Morgan fingerprint density at radius 3 is 2.90 bits per heavy atom. The molecule has 6 nitrogen and oxygen atoms in total. The van der Waals surface area contributed by atoms with E-state index < -0.39 is 0 Å². The molecule has 0 aromatic carbocycles. The van der Waals surface area contributed by atoms with Crippen LogP contribution in [-0.2, 0) is 0 Å². The number of pyridine rings is 1. The van der Waals surface area contributed by atoms with E-state index in [4.69, 9.17) is 5.26 Å². The Kier molecular flexibility index (Phi) is 3.40. The minimum absolute atomic E-state index is 0.294. The molecule has 2 heterocycles. The van der Waals surface area contributed by atoms with Crippen LogP contribution in [-0.4, -0.2) is 20.7 Å².